The molecule has 0 aliphatic carbocycles. The second-order valence-corrected chi connectivity index (χ2v) is 6.42. The zero-order chi connectivity index (χ0) is 20.9. The van der Waals surface area contributed by atoms with Crippen LogP contribution in [-0.2, 0) is 16.1 Å². The highest BCUT2D eigenvalue weighted by Crippen LogP contribution is 2.27. The van der Waals surface area contributed by atoms with E-state index in [-0.39, 0.29) is 36.4 Å². The quantitative estimate of drug-likeness (QED) is 0.192. The molecule has 2 aromatic carbocycles. The van der Waals surface area contributed by atoms with Crippen molar-refractivity contribution in [1.29, 1.82) is 0 Å². The number of hydrogen-bond acceptors (Lipinski definition) is 4. The third kappa shape index (κ3) is 9.45. The van der Waals surface area contributed by atoms with Crippen LogP contribution in [0.3, 0.4) is 0 Å². The standard InChI is InChI=1S/C22H30N4O3.HI/c1-4-23-22(26-16-21(27)24-12-13-28-3)25-15-18-11-10-17(2)14-20(18)29-19-8-6-5-7-9-19;/h5-11,14H,4,12-13,15-16H2,1-3H3,(H,24,27)(H2,23,25,26);1H. The van der Waals surface area contributed by atoms with Gasteiger partial charge in [-0.2, -0.15) is 0 Å². The Morgan fingerprint density at radius 2 is 1.83 bits per heavy atom. The molecule has 0 spiro atoms. The summed E-state index contributed by atoms with van der Waals surface area (Å²) < 4.78 is 11.0. The van der Waals surface area contributed by atoms with Gasteiger partial charge in [0.05, 0.1) is 19.7 Å². The molecule has 0 aliphatic rings. The van der Waals surface area contributed by atoms with Crippen molar-refractivity contribution in [2.75, 3.05) is 33.4 Å². The lowest BCUT2D eigenvalue weighted by molar-refractivity contribution is -0.120. The summed E-state index contributed by atoms with van der Waals surface area (Å²) in [4.78, 5) is 16.5. The molecular formula is C22H31IN4O3. The molecule has 0 bridgehead atoms. The largest absolute Gasteiger partial charge is 0.457 e. The van der Waals surface area contributed by atoms with Gasteiger partial charge in [-0.05, 0) is 37.6 Å². The van der Waals surface area contributed by atoms with E-state index in [1.165, 1.54) is 0 Å². The molecule has 0 saturated heterocycles. The van der Waals surface area contributed by atoms with Crippen LogP contribution in [0.1, 0.15) is 18.1 Å². The van der Waals surface area contributed by atoms with Gasteiger partial charge in [0, 0.05) is 25.8 Å². The summed E-state index contributed by atoms with van der Waals surface area (Å²) in [7, 11) is 1.60. The van der Waals surface area contributed by atoms with E-state index in [9.17, 15) is 4.79 Å². The maximum absolute atomic E-state index is 11.9. The number of benzene rings is 2. The van der Waals surface area contributed by atoms with Gasteiger partial charge in [-0.3, -0.25) is 4.79 Å². The van der Waals surface area contributed by atoms with Crippen LogP contribution < -0.4 is 20.7 Å². The van der Waals surface area contributed by atoms with Crippen LogP contribution in [0.15, 0.2) is 53.5 Å². The molecule has 7 nitrogen and oxygen atoms in total. The van der Waals surface area contributed by atoms with Crippen LogP contribution in [0.4, 0.5) is 0 Å². The normalized spacial score (nSPS) is 10.7. The number of guanidine groups is 1. The fourth-order valence-corrected chi connectivity index (χ4v) is 2.53. The predicted molar refractivity (Wildman–Crippen MR) is 131 cm³/mol. The molecule has 0 aromatic heterocycles. The number of rotatable bonds is 10. The third-order valence-corrected chi connectivity index (χ3v) is 3.99. The number of aryl methyl sites for hydroxylation is 1. The molecule has 2 rings (SSSR count). The zero-order valence-electron chi connectivity index (χ0n) is 17.7. The number of nitrogens with zero attached hydrogens (tertiary/aromatic N) is 1. The summed E-state index contributed by atoms with van der Waals surface area (Å²) in [5.74, 6) is 2.01. The van der Waals surface area contributed by atoms with E-state index in [2.05, 4.69) is 20.9 Å². The van der Waals surface area contributed by atoms with Crippen molar-refractivity contribution >= 4 is 35.8 Å². The number of aliphatic imine (C=N–C) groups is 1. The minimum absolute atomic E-state index is 0. The van der Waals surface area contributed by atoms with Crippen LogP contribution in [0.5, 0.6) is 11.5 Å². The van der Waals surface area contributed by atoms with Crippen LogP contribution in [0.25, 0.3) is 0 Å². The molecule has 0 unspecified atom stereocenters. The Hall–Kier alpha value is -2.33. The predicted octanol–water partition coefficient (Wildman–Crippen LogP) is 3.22. The van der Waals surface area contributed by atoms with Crippen molar-refractivity contribution in [1.82, 2.24) is 16.0 Å². The minimum Gasteiger partial charge on any atom is -0.457 e. The number of nitrogens with one attached hydrogen (secondary N) is 3. The van der Waals surface area contributed by atoms with Crippen molar-refractivity contribution in [3.05, 3.63) is 59.7 Å². The average Bonchev–Trinajstić information content (AvgIpc) is 2.72. The smallest absolute Gasteiger partial charge is 0.239 e. The number of hydrogen-bond donors (Lipinski definition) is 3. The molecule has 30 heavy (non-hydrogen) atoms. The first-order valence-electron chi connectivity index (χ1n) is 9.72. The lowest BCUT2D eigenvalue weighted by Gasteiger charge is -2.13. The molecule has 0 radical (unpaired) electrons. The molecule has 0 saturated carbocycles. The van der Waals surface area contributed by atoms with Crippen molar-refractivity contribution < 1.29 is 14.3 Å². The number of para-hydroxylation sites is 1. The van der Waals surface area contributed by atoms with E-state index in [4.69, 9.17) is 9.47 Å². The molecule has 164 valence electrons. The van der Waals surface area contributed by atoms with Gasteiger partial charge in [0.25, 0.3) is 0 Å². The fourth-order valence-electron chi connectivity index (χ4n) is 2.53. The Kier molecular flexibility index (Phi) is 12.5. The van der Waals surface area contributed by atoms with Crippen molar-refractivity contribution in [2.24, 2.45) is 4.99 Å². The fraction of sp³-hybridized carbons (Fsp3) is 0.364. The highest BCUT2D eigenvalue weighted by Gasteiger charge is 2.07. The Bertz CT molecular complexity index is 800. The van der Waals surface area contributed by atoms with Gasteiger partial charge < -0.3 is 25.4 Å². The summed E-state index contributed by atoms with van der Waals surface area (Å²) >= 11 is 0. The second kappa shape index (κ2) is 14.6. The number of amides is 1. The van der Waals surface area contributed by atoms with Crippen LogP contribution in [0.2, 0.25) is 0 Å². The number of ether oxygens (including phenoxy) is 2. The molecular weight excluding hydrogens is 495 g/mol. The van der Waals surface area contributed by atoms with Crippen LogP contribution >= 0.6 is 24.0 Å². The van der Waals surface area contributed by atoms with E-state index in [0.717, 1.165) is 22.6 Å². The van der Waals surface area contributed by atoms with E-state index in [0.29, 0.717) is 32.2 Å². The highest BCUT2D eigenvalue weighted by atomic mass is 127. The summed E-state index contributed by atoms with van der Waals surface area (Å²) in [6, 6.07) is 15.7. The highest BCUT2D eigenvalue weighted by molar-refractivity contribution is 14.0. The van der Waals surface area contributed by atoms with E-state index < -0.39 is 0 Å². The molecule has 3 N–H and O–H groups in total. The zero-order valence-corrected chi connectivity index (χ0v) is 20.1. The third-order valence-electron chi connectivity index (χ3n) is 3.99. The summed E-state index contributed by atoms with van der Waals surface area (Å²) in [6.07, 6.45) is 0. The maximum Gasteiger partial charge on any atom is 0.239 e. The van der Waals surface area contributed by atoms with Crippen LogP contribution in [0, 0.1) is 6.92 Å². The van der Waals surface area contributed by atoms with Crippen molar-refractivity contribution in [3.8, 4) is 11.5 Å². The lowest BCUT2D eigenvalue weighted by atomic mass is 10.1. The monoisotopic (exact) mass is 526 g/mol. The first-order chi connectivity index (χ1) is 14.1. The van der Waals surface area contributed by atoms with Gasteiger partial charge in [-0.25, -0.2) is 4.99 Å². The summed E-state index contributed by atoms with van der Waals surface area (Å²) in [6.45, 7) is 6.22. The lowest BCUT2D eigenvalue weighted by Crippen LogP contribution is -2.43. The Labute approximate surface area is 195 Å². The first kappa shape index (κ1) is 25.7. The molecule has 0 atom stereocenters. The molecule has 2 aromatic rings. The molecule has 8 heteroatoms. The Balaban J connectivity index is 0.00000450. The van der Waals surface area contributed by atoms with Crippen molar-refractivity contribution in [3.63, 3.8) is 0 Å². The van der Waals surface area contributed by atoms with E-state index >= 15 is 0 Å². The summed E-state index contributed by atoms with van der Waals surface area (Å²) in [5, 5.41) is 8.96. The minimum atomic E-state index is -0.115. The maximum atomic E-state index is 11.9. The van der Waals surface area contributed by atoms with E-state index in [1.807, 2.05) is 62.4 Å². The average molecular weight is 526 g/mol. The molecule has 0 heterocycles. The SMILES string of the molecule is CCNC(=NCc1ccc(C)cc1Oc1ccccc1)NCC(=O)NCCOC.I. The number of halogens is 1. The molecule has 0 fully saturated rings. The number of carbonyl (C=O) groups is 1. The molecule has 0 aliphatic heterocycles. The number of methoxy groups -OCH3 is 1. The van der Waals surface area contributed by atoms with Gasteiger partial charge in [-0.15, -0.1) is 24.0 Å². The Morgan fingerprint density at radius 3 is 2.53 bits per heavy atom. The van der Waals surface area contributed by atoms with Gasteiger partial charge in [0.15, 0.2) is 5.96 Å². The van der Waals surface area contributed by atoms with Crippen molar-refractivity contribution in [2.45, 2.75) is 20.4 Å². The second-order valence-electron chi connectivity index (χ2n) is 6.42. The van der Waals surface area contributed by atoms with Gasteiger partial charge in [0.2, 0.25) is 5.91 Å². The first-order valence-corrected chi connectivity index (χ1v) is 9.72. The van der Waals surface area contributed by atoms with Gasteiger partial charge in [-0.1, -0.05) is 30.3 Å². The number of carbonyl (C=O) groups excluding carboxylic acids is 1. The van der Waals surface area contributed by atoms with E-state index in [1.54, 1.807) is 7.11 Å². The molecule has 1 amide bonds. The van der Waals surface area contributed by atoms with Gasteiger partial charge >= 0.3 is 0 Å². The summed E-state index contributed by atoms with van der Waals surface area (Å²) in [5.41, 5.74) is 2.07. The van der Waals surface area contributed by atoms with Gasteiger partial charge in [0.1, 0.15) is 11.5 Å². The van der Waals surface area contributed by atoms with Crippen LogP contribution in [-0.4, -0.2) is 45.2 Å². The Morgan fingerprint density at radius 1 is 1.07 bits per heavy atom. The topological polar surface area (TPSA) is 84.0 Å².